The Morgan fingerprint density at radius 3 is 2.26 bits per heavy atom. The molecule has 2 atom stereocenters. The third kappa shape index (κ3) is 3.94. The second-order valence-electron chi connectivity index (χ2n) is 4.64. The van der Waals surface area contributed by atoms with Crippen molar-refractivity contribution in [2.75, 3.05) is 13.7 Å². The molecule has 1 rings (SSSR count). The van der Waals surface area contributed by atoms with E-state index < -0.39 is 12.2 Å². The highest BCUT2D eigenvalue weighted by Gasteiger charge is 2.20. The first kappa shape index (κ1) is 15.5. The zero-order valence-corrected chi connectivity index (χ0v) is 11.7. The van der Waals surface area contributed by atoms with Gasteiger partial charge in [0.2, 0.25) is 5.91 Å². The molecule has 0 spiro atoms. The van der Waals surface area contributed by atoms with Crippen molar-refractivity contribution >= 4 is 5.91 Å². The Kier molecular flexibility index (Phi) is 5.32. The zero-order valence-electron chi connectivity index (χ0n) is 11.7. The molecule has 19 heavy (non-hydrogen) atoms. The minimum absolute atomic E-state index is 0.0145. The SMILES string of the molecule is COc1c(C)cc(C(O)C(O)CNC(C)=O)cc1C. The molecule has 0 heterocycles. The van der Waals surface area contributed by atoms with Gasteiger partial charge < -0.3 is 20.3 Å². The van der Waals surface area contributed by atoms with Gasteiger partial charge in [-0.1, -0.05) is 0 Å². The van der Waals surface area contributed by atoms with Gasteiger partial charge in [0.15, 0.2) is 0 Å². The highest BCUT2D eigenvalue weighted by Crippen LogP contribution is 2.28. The normalized spacial score (nSPS) is 13.8. The third-order valence-electron chi connectivity index (χ3n) is 2.95. The van der Waals surface area contributed by atoms with E-state index in [0.717, 1.165) is 16.9 Å². The number of ether oxygens (including phenoxy) is 1. The molecule has 2 unspecified atom stereocenters. The number of hydrogen-bond acceptors (Lipinski definition) is 4. The molecular weight excluding hydrogens is 246 g/mol. The number of carbonyl (C=O) groups excluding carboxylic acids is 1. The summed E-state index contributed by atoms with van der Waals surface area (Å²) in [6, 6.07) is 3.54. The predicted octanol–water partition coefficient (Wildman–Crippen LogP) is 0.842. The van der Waals surface area contributed by atoms with E-state index in [1.54, 1.807) is 19.2 Å². The molecule has 0 saturated heterocycles. The maximum atomic E-state index is 10.8. The van der Waals surface area contributed by atoms with E-state index >= 15 is 0 Å². The van der Waals surface area contributed by atoms with Crippen LogP contribution in [-0.4, -0.2) is 35.9 Å². The lowest BCUT2D eigenvalue weighted by molar-refractivity contribution is -0.119. The fraction of sp³-hybridized carbons (Fsp3) is 0.500. The summed E-state index contributed by atoms with van der Waals surface area (Å²) in [5.41, 5.74) is 2.39. The average molecular weight is 267 g/mol. The van der Waals surface area contributed by atoms with Crippen molar-refractivity contribution in [2.45, 2.75) is 33.0 Å². The summed E-state index contributed by atoms with van der Waals surface area (Å²) in [5.74, 6) is 0.528. The molecule has 1 aromatic rings. The molecule has 0 aliphatic rings. The highest BCUT2D eigenvalue weighted by atomic mass is 16.5. The first-order valence-electron chi connectivity index (χ1n) is 6.12. The molecule has 3 N–H and O–H groups in total. The largest absolute Gasteiger partial charge is 0.496 e. The number of benzene rings is 1. The summed E-state index contributed by atoms with van der Waals surface area (Å²) in [6.07, 6.45) is -2.09. The van der Waals surface area contributed by atoms with E-state index in [-0.39, 0.29) is 12.5 Å². The minimum atomic E-state index is -1.05. The maximum absolute atomic E-state index is 10.8. The maximum Gasteiger partial charge on any atom is 0.216 e. The van der Waals surface area contributed by atoms with Crippen LogP contribution >= 0.6 is 0 Å². The van der Waals surface area contributed by atoms with Crippen molar-refractivity contribution in [3.63, 3.8) is 0 Å². The van der Waals surface area contributed by atoms with Crippen LogP contribution in [0.15, 0.2) is 12.1 Å². The number of nitrogens with one attached hydrogen (secondary N) is 1. The number of aliphatic hydroxyl groups excluding tert-OH is 2. The summed E-state index contributed by atoms with van der Waals surface area (Å²) in [5, 5.41) is 22.4. The summed E-state index contributed by atoms with van der Waals surface area (Å²) < 4.78 is 5.25. The fourth-order valence-electron chi connectivity index (χ4n) is 2.06. The van der Waals surface area contributed by atoms with Gasteiger partial charge >= 0.3 is 0 Å². The molecule has 5 heteroatoms. The summed E-state index contributed by atoms with van der Waals surface area (Å²) in [6.45, 7) is 5.13. The molecule has 0 bridgehead atoms. The molecule has 1 amide bonds. The Hall–Kier alpha value is -1.59. The zero-order chi connectivity index (χ0) is 14.6. The fourth-order valence-corrected chi connectivity index (χ4v) is 2.06. The second kappa shape index (κ2) is 6.54. The van der Waals surface area contributed by atoms with Crippen LogP contribution in [0.4, 0.5) is 0 Å². The van der Waals surface area contributed by atoms with Crippen molar-refractivity contribution in [3.05, 3.63) is 28.8 Å². The number of aryl methyl sites for hydroxylation is 2. The Labute approximate surface area is 113 Å². The van der Waals surface area contributed by atoms with Gasteiger partial charge in [-0.3, -0.25) is 4.79 Å². The molecule has 1 aromatic carbocycles. The van der Waals surface area contributed by atoms with E-state index in [4.69, 9.17) is 4.74 Å². The number of methoxy groups -OCH3 is 1. The van der Waals surface area contributed by atoms with Gasteiger partial charge in [-0.05, 0) is 42.7 Å². The molecule has 0 fully saturated rings. The number of aliphatic hydroxyl groups is 2. The summed E-state index contributed by atoms with van der Waals surface area (Å²) in [4.78, 5) is 10.8. The van der Waals surface area contributed by atoms with E-state index in [0.29, 0.717) is 5.56 Å². The van der Waals surface area contributed by atoms with Crippen molar-refractivity contribution in [2.24, 2.45) is 0 Å². The lowest BCUT2D eigenvalue weighted by atomic mass is 9.98. The standard InChI is InChI=1S/C14H21NO4/c1-8-5-11(6-9(2)14(8)19-4)13(18)12(17)7-15-10(3)16/h5-6,12-13,17-18H,7H2,1-4H3,(H,15,16). The number of carbonyl (C=O) groups is 1. The lowest BCUT2D eigenvalue weighted by Gasteiger charge is -2.20. The highest BCUT2D eigenvalue weighted by molar-refractivity contribution is 5.72. The van der Waals surface area contributed by atoms with E-state index in [2.05, 4.69) is 5.32 Å². The van der Waals surface area contributed by atoms with Crippen LogP contribution in [0.1, 0.15) is 29.7 Å². The Bertz CT molecular complexity index is 436. The molecule has 0 saturated carbocycles. The van der Waals surface area contributed by atoms with Gasteiger partial charge in [-0.15, -0.1) is 0 Å². The molecule has 0 aromatic heterocycles. The summed E-state index contributed by atoms with van der Waals surface area (Å²) in [7, 11) is 1.59. The molecule has 5 nitrogen and oxygen atoms in total. The number of amides is 1. The van der Waals surface area contributed by atoms with Crippen molar-refractivity contribution in [3.8, 4) is 5.75 Å². The van der Waals surface area contributed by atoms with Crippen molar-refractivity contribution in [1.29, 1.82) is 0 Å². The number of hydrogen-bond donors (Lipinski definition) is 3. The minimum Gasteiger partial charge on any atom is -0.496 e. The Balaban J connectivity index is 2.87. The molecule has 106 valence electrons. The van der Waals surface area contributed by atoms with Crippen molar-refractivity contribution < 1.29 is 19.7 Å². The quantitative estimate of drug-likeness (QED) is 0.739. The van der Waals surface area contributed by atoms with Crippen molar-refractivity contribution in [1.82, 2.24) is 5.32 Å². The Morgan fingerprint density at radius 1 is 1.32 bits per heavy atom. The third-order valence-corrected chi connectivity index (χ3v) is 2.95. The first-order chi connectivity index (χ1) is 8.86. The first-order valence-corrected chi connectivity index (χ1v) is 6.12. The second-order valence-corrected chi connectivity index (χ2v) is 4.64. The average Bonchev–Trinajstić information content (AvgIpc) is 2.34. The van der Waals surface area contributed by atoms with Crippen LogP contribution < -0.4 is 10.1 Å². The molecule has 0 radical (unpaired) electrons. The smallest absolute Gasteiger partial charge is 0.216 e. The van der Waals surface area contributed by atoms with Crippen LogP contribution in [0.2, 0.25) is 0 Å². The van der Waals surface area contributed by atoms with Crippen LogP contribution in [0, 0.1) is 13.8 Å². The van der Waals surface area contributed by atoms with E-state index in [1.165, 1.54) is 6.92 Å². The van der Waals surface area contributed by atoms with Gasteiger partial charge in [0.25, 0.3) is 0 Å². The van der Waals surface area contributed by atoms with E-state index in [9.17, 15) is 15.0 Å². The van der Waals surface area contributed by atoms with Gasteiger partial charge in [-0.25, -0.2) is 0 Å². The van der Waals surface area contributed by atoms with Crippen LogP contribution in [0.25, 0.3) is 0 Å². The van der Waals surface area contributed by atoms with Gasteiger partial charge in [-0.2, -0.15) is 0 Å². The summed E-state index contributed by atoms with van der Waals surface area (Å²) >= 11 is 0. The monoisotopic (exact) mass is 267 g/mol. The molecule has 0 aliphatic carbocycles. The van der Waals surface area contributed by atoms with Crippen LogP contribution in [-0.2, 0) is 4.79 Å². The Morgan fingerprint density at radius 2 is 1.84 bits per heavy atom. The van der Waals surface area contributed by atoms with E-state index in [1.807, 2.05) is 13.8 Å². The molecular formula is C14H21NO4. The number of rotatable bonds is 5. The topological polar surface area (TPSA) is 78.8 Å². The predicted molar refractivity (Wildman–Crippen MR) is 72.1 cm³/mol. The van der Waals surface area contributed by atoms with Gasteiger partial charge in [0.05, 0.1) is 7.11 Å². The van der Waals surface area contributed by atoms with Crippen LogP contribution in [0.3, 0.4) is 0 Å². The van der Waals surface area contributed by atoms with Gasteiger partial charge in [0, 0.05) is 13.5 Å². The molecule has 0 aliphatic heterocycles. The van der Waals surface area contributed by atoms with Gasteiger partial charge in [0.1, 0.15) is 18.0 Å². The lowest BCUT2D eigenvalue weighted by Crippen LogP contribution is -2.34. The van der Waals surface area contributed by atoms with Crippen LogP contribution in [0.5, 0.6) is 5.75 Å².